The number of carbonyl (C=O) groups excluding carboxylic acids is 1. The summed E-state index contributed by atoms with van der Waals surface area (Å²) in [4.78, 5) is 11.9. The van der Waals surface area contributed by atoms with Crippen LogP contribution in [-0.2, 0) is 5.88 Å². The third-order valence-electron chi connectivity index (χ3n) is 2.88. The number of amides is 1. The summed E-state index contributed by atoms with van der Waals surface area (Å²) in [5.41, 5.74) is 1.15. The largest absolute Gasteiger partial charge is 0.394 e. The van der Waals surface area contributed by atoms with Crippen molar-refractivity contribution in [1.29, 1.82) is 0 Å². The van der Waals surface area contributed by atoms with Crippen molar-refractivity contribution in [2.45, 2.75) is 24.3 Å². The lowest BCUT2D eigenvalue weighted by atomic mass is 10.1. The molecule has 0 aliphatic heterocycles. The van der Waals surface area contributed by atoms with Gasteiger partial charge in [0.15, 0.2) is 0 Å². The second kappa shape index (κ2) is 4.44. The molecule has 0 radical (unpaired) electrons. The second-order valence-corrected chi connectivity index (χ2v) is 4.49. The fourth-order valence-electron chi connectivity index (χ4n) is 1.58. The van der Waals surface area contributed by atoms with E-state index < -0.39 is 0 Å². The van der Waals surface area contributed by atoms with Crippen molar-refractivity contribution in [1.82, 2.24) is 5.32 Å². The van der Waals surface area contributed by atoms with Crippen LogP contribution in [0.2, 0.25) is 0 Å². The molecular formula is C12H14ClNO2. The number of aliphatic hydroxyl groups is 1. The van der Waals surface area contributed by atoms with Crippen LogP contribution in [0.3, 0.4) is 0 Å². The second-order valence-electron chi connectivity index (χ2n) is 4.23. The third-order valence-corrected chi connectivity index (χ3v) is 3.19. The summed E-state index contributed by atoms with van der Waals surface area (Å²) in [5.74, 6) is 0.255. The summed E-state index contributed by atoms with van der Waals surface area (Å²) < 4.78 is 0. The van der Waals surface area contributed by atoms with E-state index in [1.165, 1.54) is 0 Å². The van der Waals surface area contributed by atoms with Gasteiger partial charge in [-0.25, -0.2) is 0 Å². The summed E-state index contributed by atoms with van der Waals surface area (Å²) in [5, 5.41) is 12.0. The van der Waals surface area contributed by atoms with Gasteiger partial charge in [0.05, 0.1) is 12.1 Å². The number of carbonyl (C=O) groups is 1. The van der Waals surface area contributed by atoms with Crippen LogP contribution in [0, 0.1) is 0 Å². The molecule has 1 aromatic rings. The Labute approximate surface area is 99.4 Å². The van der Waals surface area contributed by atoms with E-state index in [-0.39, 0.29) is 18.1 Å². The zero-order chi connectivity index (χ0) is 11.6. The molecule has 1 amide bonds. The lowest BCUT2D eigenvalue weighted by molar-refractivity contribution is 0.0906. The van der Waals surface area contributed by atoms with Gasteiger partial charge in [-0.2, -0.15) is 0 Å². The molecule has 4 heteroatoms. The maximum atomic E-state index is 11.9. The first-order chi connectivity index (χ1) is 7.69. The molecule has 1 fully saturated rings. The predicted octanol–water partition coefficient (Wildman–Crippen LogP) is 1.68. The average molecular weight is 240 g/mol. The van der Waals surface area contributed by atoms with E-state index in [1.54, 1.807) is 12.1 Å². The van der Waals surface area contributed by atoms with Gasteiger partial charge >= 0.3 is 0 Å². The molecular weight excluding hydrogens is 226 g/mol. The molecule has 2 rings (SSSR count). The molecule has 16 heavy (non-hydrogen) atoms. The summed E-state index contributed by atoms with van der Waals surface area (Å²) in [6.07, 6.45) is 1.70. The Kier molecular flexibility index (Phi) is 3.17. The Hall–Kier alpha value is -1.06. The summed E-state index contributed by atoms with van der Waals surface area (Å²) in [6.45, 7) is 0.00787. The van der Waals surface area contributed by atoms with Gasteiger partial charge in [-0.15, -0.1) is 11.6 Å². The topological polar surface area (TPSA) is 49.3 Å². The summed E-state index contributed by atoms with van der Waals surface area (Å²) >= 11 is 5.70. The van der Waals surface area contributed by atoms with E-state index in [4.69, 9.17) is 16.7 Å². The van der Waals surface area contributed by atoms with Crippen LogP contribution in [-0.4, -0.2) is 23.2 Å². The van der Waals surface area contributed by atoms with Crippen molar-refractivity contribution in [2.75, 3.05) is 6.61 Å². The van der Waals surface area contributed by atoms with Gasteiger partial charge < -0.3 is 10.4 Å². The normalized spacial score (nSPS) is 16.9. The Morgan fingerprint density at radius 1 is 1.50 bits per heavy atom. The minimum Gasteiger partial charge on any atom is -0.394 e. The maximum absolute atomic E-state index is 11.9. The molecule has 1 saturated carbocycles. The molecule has 3 nitrogen and oxygen atoms in total. The van der Waals surface area contributed by atoms with Gasteiger partial charge in [-0.05, 0) is 30.5 Å². The fourth-order valence-corrected chi connectivity index (χ4v) is 1.75. The van der Waals surface area contributed by atoms with Crippen LogP contribution in [0.25, 0.3) is 0 Å². The zero-order valence-corrected chi connectivity index (χ0v) is 9.63. The van der Waals surface area contributed by atoms with E-state index >= 15 is 0 Å². The highest BCUT2D eigenvalue weighted by Gasteiger charge is 2.43. The molecule has 0 aromatic heterocycles. The van der Waals surface area contributed by atoms with Crippen molar-refractivity contribution in [3.05, 3.63) is 35.4 Å². The van der Waals surface area contributed by atoms with Crippen LogP contribution in [0.5, 0.6) is 0 Å². The number of alkyl halides is 1. The molecule has 0 heterocycles. The molecule has 0 bridgehead atoms. The van der Waals surface area contributed by atoms with Gasteiger partial charge in [-0.3, -0.25) is 4.79 Å². The van der Waals surface area contributed by atoms with Crippen LogP contribution < -0.4 is 5.32 Å². The van der Waals surface area contributed by atoms with Crippen molar-refractivity contribution >= 4 is 17.5 Å². The first kappa shape index (κ1) is 11.4. The van der Waals surface area contributed by atoms with Crippen molar-refractivity contribution in [3.63, 3.8) is 0 Å². The third kappa shape index (κ3) is 2.36. The van der Waals surface area contributed by atoms with Crippen molar-refractivity contribution in [2.24, 2.45) is 0 Å². The van der Waals surface area contributed by atoms with E-state index in [9.17, 15) is 4.79 Å². The lowest BCUT2D eigenvalue weighted by Gasteiger charge is -2.14. The van der Waals surface area contributed by atoms with E-state index in [1.807, 2.05) is 12.1 Å². The minimum atomic E-state index is -0.367. The number of hydrogen-bond donors (Lipinski definition) is 2. The van der Waals surface area contributed by atoms with Crippen LogP contribution in [0.15, 0.2) is 24.3 Å². The van der Waals surface area contributed by atoms with Gasteiger partial charge in [0.1, 0.15) is 0 Å². The number of nitrogens with one attached hydrogen (secondary N) is 1. The number of rotatable bonds is 4. The highest BCUT2D eigenvalue weighted by molar-refractivity contribution is 6.17. The Morgan fingerprint density at radius 2 is 2.25 bits per heavy atom. The average Bonchev–Trinajstić information content (AvgIpc) is 3.09. The molecule has 1 aromatic carbocycles. The van der Waals surface area contributed by atoms with Crippen molar-refractivity contribution < 1.29 is 9.90 Å². The minimum absolute atomic E-state index is 0.00787. The first-order valence-electron chi connectivity index (χ1n) is 5.27. The molecule has 0 atom stereocenters. The SMILES string of the molecule is O=C(NC1(CO)CC1)c1cccc(CCl)c1. The van der Waals surface area contributed by atoms with Gasteiger partial charge in [0, 0.05) is 11.4 Å². The molecule has 2 N–H and O–H groups in total. The highest BCUT2D eigenvalue weighted by atomic mass is 35.5. The smallest absolute Gasteiger partial charge is 0.251 e. The summed E-state index contributed by atoms with van der Waals surface area (Å²) in [7, 11) is 0. The monoisotopic (exact) mass is 239 g/mol. The first-order valence-corrected chi connectivity index (χ1v) is 5.81. The van der Waals surface area contributed by atoms with E-state index in [2.05, 4.69) is 5.32 Å². The molecule has 0 unspecified atom stereocenters. The number of halogens is 1. The lowest BCUT2D eigenvalue weighted by Crippen LogP contribution is -2.39. The molecule has 1 aliphatic rings. The Bertz CT molecular complexity index is 402. The predicted molar refractivity (Wildman–Crippen MR) is 62.5 cm³/mol. The van der Waals surface area contributed by atoms with E-state index in [0.29, 0.717) is 11.4 Å². The van der Waals surface area contributed by atoms with Crippen LogP contribution >= 0.6 is 11.6 Å². The maximum Gasteiger partial charge on any atom is 0.251 e. The fraction of sp³-hybridized carbons (Fsp3) is 0.417. The quantitative estimate of drug-likeness (QED) is 0.786. The number of aliphatic hydroxyl groups excluding tert-OH is 1. The van der Waals surface area contributed by atoms with Crippen LogP contribution in [0.4, 0.5) is 0 Å². The number of hydrogen-bond acceptors (Lipinski definition) is 2. The van der Waals surface area contributed by atoms with Crippen LogP contribution in [0.1, 0.15) is 28.8 Å². The van der Waals surface area contributed by atoms with Gasteiger partial charge in [-0.1, -0.05) is 12.1 Å². The zero-order valence-electron chi connectivity index (χ0n) is 8.87. The Balaban J connectivity index is 2.08. The Morgan fingerprint density at radius 3 is 2.81 bits per heavy atom. The van der Waals surface area contributed by atoms with Gasteiger partial charge in [0.25, 0.3) is 5.91 Å². The van der Waals surface area contributed by atoms with E-state index in [0.717, 1.165) is 18.4 Å². The molecule has 1 aliphatic carbocycles. The van der Waals surface area contributed by atoms with Crippen molar-refractivity contribution in [3.8, 4) is 0 Å². The molecule has 0 spiro atoms. The number of benzene rings is 1. The van der Waals surface area contributed by atoms with Gasteiger partial charge in [0.2, 0.25) is 0 Å². The molecule has 0 saturated heterocycles. The highest BCUT2D eigenvalue weighted by Crippen LogP contribution is 2.34. The molecule has 86 valence electrons. The standard InChI is InChI=1S/C12H14ClNO2/c13-7-9-2-1-3-10(6-9)11(16)14-12(8-15)4-5-12/h1-3,6,15H,4-5,7-8H2,(H,14,16). The summed E-state index contributed by atoms with van der Waals surface area (Å²) in [6, 6.07) is 7.21.